The lowest BCUT2D eigenvalue weighted by Crippen LogP contribution is -2.28. The van der Waals surface area contributed by atoms with Gasteiger partial charge in [-0.3, -0.25) is 0 Å². The molecule has 3 nitrogen and oxygen atoms in total. The van der Waals surface area contributed by atoms with Crippen LogP contribution in [0.15, 0.2) is 10.2 Å². The average molecular weight is 179 g/mol. The van der Waals surface area contributed by atoms with E-state index >= 15 is 0 Å². The molecule has 1 heterocycles. The third kappa shape index (κ3) is 1.74. The normalized spacial score (nSPS) is 30.1. The average Bonchev–Trinajstić information content (AvgIpc) is 2.56. The molecule has 1 unspecified atom stereocenters. The van der Waals surface area contributed by atoms with Gasteiger partial charge in [0.1, 0.15) is 5.84 Å². The molecule has 0 radical (unpaired) electrons. The van der Waals surface area contributed by atoms with Gasteiger partial charge in [-0.1, -0.05) is 19.8 Å². The zero-order valence-electron chi connectivity index (χ0n) is 8.16. The molecule has 2 rings (SSSR count). The van der Waals surface area contributed by atoms with E-state index in [0.29, 0.717) is 17.7 Å². The molecule has 1 aliphatic heterocycles. The van der Waals surface area contributed by atoms with Crippen LogP contribution >= 0.6 is 0 Å². The summed E-state index contributed by atoms with van der Waals surface area (Å²) in [5.41, 5.74) is 6.93. The molecule has 2 aliphatic rings. The topological polar surface area (TPSA) is 50.7 Å². The van der Waals surface area contributed by atoms with Crippen molar-refractivity contribution in [1.29, 1.82) is 0 Å². The van der Waals surface area contributed by atoms with Crippen molar-refractivity contribution >= 4 is 11.5 Å². The van der Waals surface area contributed by atoms with Crippen LogP contribution in [0.3, 0.4) is 0 Å². The van der Waals surface area contributed by atoms with Crippen LogP contribution in [-0.4, -0.2) is 11.5 Å². The summed E-state index contributed by atoms with van der Waals surface area (Å²) in [4.78, 5) is 0. The maximum absolute atomic E-state index is 5.63. The minimum Gasteiger partial charge on any atom is -0.386 e. The van der Waals surface area contributed by atoms with Crippen LogP contribution in [0.25, 0.3) is 0 Å². The van der Waals surface area contributed by atoms with E-state index in [2.05, 4.69) is 17.1 Å². The van der Waals surface area contributed by atoms with Gasteiger partial charge in [-0.15, -0.1) is 5.10 Å². The third-order valence-corrected chi connectivity index (χ3v) is 3.09. The number of rotatable bonds is 1. The molecule has 72 valence electrons. The SMILES string of the molecule is CC1CC(N)=NN=C1C1CCCC1. The number of nitrogens with zero attached hydrogens (tertiary/aromatic N) is 2. The molecule has 0 amide bonds. The lowest BCUT2D eigenvalue weighted by Gasteiger charge is -2.21. The van der Waals surface area contributed by atoms with E-state index in [4.69, 9.17) is 5.73 Å². The van der Waals surface area contributed by atoms with Gasteiger partial charge in [-0.25, -0.2) is 0 Å². The van der Waals surface area contributed by atoms with Gasteiger partial charge in [-0.2, -0.15) is 5.10 Å². The first kappa shape index (κ1) is 8.73. The standard InChI is InChI=1S/C10H17N3/c1-7-6-9(11)12-13-10(7)8-4-2-3-5-8/h7-8H,2-6H2,1H3,(H2,11,12). The Labute approximate surface area is 79.1 Å². The monoisotopic (exact) mass is 179 g/mol. The second-order valence-electron chi connectivity index (χ2n) is 4.20. The summed E-state index contributed by atoms with van der Waals surface area (Å²) in [7, 11) is 0. The van der Waals surface area contributed by atoms with Crippen LogP contribution in [0, 0.1) is 11.8 Å². The summed E-state index contributed by atoms with van der Waals surface area (Å²) in [6.07, 6.45) is 6.22. The Balaban J connectivity index is 2.12. The molecule has 0 aromatic rings. The van der Waals surface area contributed by atoms with Crippen molar-refractivity contribution < 1.29 is 0 Å². The Morgan fingerprint density at radius 2 is 1.92 bits per heavy atom. The molecular weight excluding hydrogens is 162 g/mol. The van der Waals surface area contributed by atoms with Crippen molar-refractivity contribution in [2.45, 2.75) is 39.0 Å². The number of amidine groups is 1. The second kappa shape index (κ2) is 3.48. The Kier molecular flexibility index (Phi) is 2.34. The third-order valence-electron chi connectivity index (χ3n) is 3.09. The predicted octanol–water partition coefficient (Wildman–Crippen LogP) is 1.93. The van der Waals surface area contributed by atoms with Gasteiger partial charge in [0, 0.05) is 18.1 Å². The molecule has 13 heavy (non-hydrogen) atoms. The van der Waals surface area contributed by atoms with Gasteiger partial charge in [0.25, 0.3) is 0 Å². The minimum absolute atomic E-state index is 0.514. The highest BCUT2D eigenvalue weighted by Gasteiger charge is 2.27. The van der Waals surface area contributed by atoms with Crippen molar-refractivity contribution in [3.63, 3.8) is 0 Å². The van der Waals surface area contributed by atoms with Crippen molar-refractivity contribution in [3.8, 4) is 0 Å². The van der Waals surface area contributed by atoms with Gasteiger partial charge in [0.05, 0.1) is 0 Å². The lowest BCUT2D eigenvalue weighted by molar-refractivity contribution is 0.645. The highest BCUT2D eigenvalue weighted by molar-refractivity contribution is 5.96. The molecule has 1 fully saturated rings. The van der Waals surface area contributed by atoms with Crippen LogP contribution in [0.2, 0.25) is 0 Å². The largest absolute Gasteiger partial charge is 0.386 e. The summed E-state index contributed by atoms with van der Waals surface area (Å²) in [6, 6.07) is 0. The molecular formula is C10H17N3. The highest BCUT2D eigenvalue weighted by Crippen LogP contribution is 2.30. The van der Waals surface area contributed by atoms with E-state index < -0.39 is 0 Å². The van der Waals surface area contributed by atoms with Gasteiger partial charge >= 0.3 is 0 Å². The van der Waals surface area contributed by atoms with Gasteiger partial charge in [0.2, 0.25) is 0 Å². The van der Waals surface area contributed by atoms with Crippen molar-refractivity contribution in [3.05, 3.63) is 0 Å². The molecule has 3 heteroatoms. The van der Waals surface area contributed by atoms with E-state index in [9.17, 15) is 0 Å². The van der Waals surface area contributed by atoms with Crippen LogP contribution in [-0.2, 0) is 0 Å². The summed E-state index contributed by atoms with van der Waals surface area (Å²) in [5, 5.41) is 8.24. The molecule has 0 aromatic heterocycles. The summed E-state index contributed by atoms with van der Waals surface area (Å²) >= 11 is 0. The fourth-order valence-corrected chi connectivity index (χ4v) is 2.39. The lowest BCUT2D eigenvalue weighted by atomic mass is 9.89. The summed E-state index contributed by atoms with van der Waals surface area (Å²) in [5.74, 6) is 1.90. The number of hydrogen-bond donors (Lipinski definition) is 1. The van der Waals surface area contributed by atoms with E-state index in [1.54, 1.807) is 0 Å². The summed E-state index contributed by atoms with van der Waals surface area (Å²) < 4.78 is 0. The highest BCUT2D eigenvalue weighted by atomic mass is 15.2. The predicted molar refractivity (Wildman–Crippen MR) is 54.8 cm³/mol. The Hall–Kier alpha value is -0.860. The van der Waals surface area contributed by atoms with E-state index in [0.717, 1.165) is 6.42 Å². The Bertz CT molecular complexity index is 249. The first-order valence-corrected chi connectivity index (χ1v) is 5.17. The van der Waals surface area contributed by atoms with Crippen molar-refractivity contribution in [2.24, 2.45) is 27.8 Å². The number of hydrogen-bond acceptors (Lipinski definition) is 3. The molecule has 0 aromatic carbocycles. The van der Waals surface area contributed by atoms with Crippen LogP contribution in [0.4, 0.5) is 0 Å². The molecule has 1 saturated carbocycles. The minimum atomic E-state index is 0.514. The first-order chi connectivity index (χ1) is 6.27. The van der Waals surface area contributed by atoms with Crippen molar-refractivity contribution in [2.75, 3.05) is 0 Å². The van der Waals surface area contributed by atoms with E-state index in [1.807, 2.05) is 0 Å². The van der Waals surface area contributed by atoms with Crippen molar-refractivity contribution in [1.82, 2.24) is 0 Å². The fourth-order valence-electron chi connectivity index (χ4n) is 2.39. The molecule has 1 atom stereocenters. The van der Waals surface area contributed by atoms with Crippen LogP contribution < -0.4 is 5.73 Å². The Morgan fingerprint density at radius 3 is 2.54 bits per heavy atom. The summed E-state index contributed by atoms with van der Waals surface area (Å²) in [6.45, 7) is 2.21. The molecule has 0 spiro atoms. The Morgan fingerprint density at radius 1 is 1.23 bits per heavy atom. The molecule has 0 bridgehead atoms. The molecule has 1 aliphatic carbocycles. The maximum Gasteiger partial charge on any atom is 0.123 e. The van der Waals surface area contributed by atoms with Crippen LogP contribution in [0.1, 0.15) is 39.0 Å². The second-order valence-corrected chi connectivity index (χ2v) is 4.20. The smallest absolute Gasteiger partial charge is 0.123 e. The molecule has 2 N–H and O–H groups in total. The van der Waals surface area contributed by atoms with E-state index in [1.165, 1.54) is 31.4 Å². The van der Waals surface area contributed by atoms with Gasteiger partial charge < -0.3 is 5.73 Å². The van der Waals surface area contributed by atoms with E-state index in [-0.39, 0.29) is 0 Å². The fraction of sp³-hybridized carbons (Fsp3) is 0.800. The maximum atomic E-state index is 5.63. The van der Waals surface area contributed by atoms with Gasteiger partial charge in [-0.05, 0) is 18.8 Å². The zero-order chi connectivity index (χ0) is 9.26. The quantitative estimate of drug-likeness (QED) is 0.657. The zero-order valence-corrected chi connectivity index (χ0v) is 8.16. The molecule has 0 saturated heterocycles. The van der Waals surface area contributed by atoms with Gasteiger partial charge in [0.15, 0.2) is 0 Å². The van der Waals surface area contributed by atoms with Crippen LogP contribution in [0.5, 0.6) is 0 Å². The first-order valence-electron chi connectivity index (χ1n) is 5.17. The number of nitrogens with two attached hydrogens (primary N) is 1.